The predicted octanol–water partition coefficient (Wildman–Crippen LogP) is 4.89. The van der Waals surface area contributed by atoms with Crippen LogP contribution in [-0.2, 0) is 0 Å². The molecular weight excluding hydrogens is 506 g/mol. The molecule has 4 N–H and O–H groups in total. The molecular formula is C25H25Cl2FN6O2. The molecule has 0 bridgehead atoms. The van der Waals surface area contributed by atoms with E-state index < -0.39 is 23.6 Å². The molecule has 36 heavy (non-hydrogen) atoms. The second-order valence-corrected chi connectivity index (χ2v) is 10.2. The molecule has 5 rings (SSSR count). The van der Waals surface area contributed by atoms with Crippen molar-refractivity contribution in [3.05, 3.63) is 64.3 Å². The van der Waals surface area contributed by atoms with E-state index in [-0.39, 0.29) is 5.82 Å². The highest BCUT2D eigenvalue weighted by Crippen LogP contribution is 2.36. The summed E-state index contributed by atoms with van der Waals surface area (Å²) in [5.41, 5.74) is 8.20. The fourth-order valence-electron chi connectivity index (χ4n) is 4.73. The lowest BCUT2D eigenvalue weighted by Gasteiger charge is -2.49. The monoisotopic (exact) mass is 530 g/mol. The van der Waals surface area contributed by atoms with Gasteiger partial charge >= 0.3 is 0 Å². The van der Waals surface area contributed by atoms with Gasteiger partial charge in [-0.3, -0.25) is 10.1 Å². The molecule has 4 heterocycles. The van der Waals surface area contributed by atoms with Crippen molar-refractivity contribution >= 4 is 39.9 Å². The highest BCUT2D eigenvalue weighted by molar-refractivity contribution is 6.35. The Balaban J connectivity index is 1.38. The van der Waals surface area contributed by atoms with Gasteiger partial charge in [-0.2, -0.15) is 5.10 Å². The first-order chi connectivity index (χ1) is 17.1. The molecule has 1 fully saturated rings. The van der Waals surface area contributed by atoms with Gasteiger partial charge in [0.25, 0.3) is 0 Å². The lowest BCUT2D eigenvalue weighted by Crippen LogP contribution is -2.68. The van der Waals surface area contributed by atoms with Crippen molar-refractivity contribution in [1.82, 2.24) is 20.2 Å². The zero-order valence-corrected chi connectivity index (χ0v) is 21.2. The highest BCUT2D eigenvalue weighted by Gasteiger charge is 2.41. The number of hydrogen-bond donors (Lipinski definition) is 3. The van der Waals surface area contributed by atoms with E-state index in [0.29, 0.717) is 52.1 Å². The molecule has 0 amide bonds. The minimum absolute atomic E-state index is 0.231. The molecule has 1 aromatic carbocycles. The summed E-state index contributed by atoms with van der Waals surface area (Å²) < 4.78 is 21.2. The van der Waals surface area contributed by atoms with Crippen LogP contribution in [0.25, 0.3) is 22.2 Å². The van der Waals surface area contributed by atoms with Crippen LogP contribution in [0.3, 0.4) is 0 Å². The summed E-state index contributed by atoms with van der Waals surface area (Å²) in [5, 5.41) is 18.6. The molecule has 0 aliphatic carbocycles. The number of benzene rings is 1. The third-order valence-electron chi connectivity index (χ3n) is 6.25. The van der Waals surface area contributed by atoms with Crippen LogP contribution in [0.4, 0.5) is 10.2 Å². The number of fused-ring (bicyclic) bond motifs is 1. The molecule has 0 spiro atoms. The molecule has 0 saturated carbocycles. The largest absolute Gasteiger partial charge is 0.486 e. The van der Waals surface area contributed by atoms with Crippen molar-refractivity contribution in [1.29, 1.82) is 0 Å². The maximum Gasteiger partial charge on any atom is 0.166 e. The number of pyridine rings is 2. The van der Waals surface area contributed by atoms with E-state index in [2.05, 4.69) is 20.2 Å². The maximum absolute atomic E-state index is 15.1. The fourth-order valence-corrected chi connectivity index (χ4v) is 5.41. The first kappa shape index (κ1) is 24.7. The number of rotatable bonds is 7. The normalized spacial score (nSPS) is 16.6. The maximum atomic E-state index is 15.1. The Morgan fingerprint density at radius 2 is 1.92 bits per heavy atom. The van der Waals surface area contributed by atoms with Crippen molar-refractivity contribution in [2.45, 2.75) is 38.0 Å². The Bertz CT molecular complexity index is 1400. The summed E-state index contributed by atoms with van der Waals surface area (Å²) in [5.74, 6) is 0.338. The number of aliphatic hydroxyl groups excluding tert-OH is 1. The number of hydrogen-bond acceptors (Lipinski definition) is 7. The van der Waals surface area contributed by atoms with E-state index in [1.165, 1.54) is 18.5 Å². The van der Waals surface area contributed by atoms with Crippen LogP contribution in [0.15, 0.2) is 42.9 Å². The topological polar surface area (TPSA) is 113 Å². The molecule has 1 aliphatic rings. The molecule has 1 aliphatic heterocycles. The number of ether oxygens (including phenoxy) is 1. The number of aromatic nitrogens is 4. The van der Waals surface area contributed by atoms with Crippen molar-refractivity contribution in [2.75, 3.05) is 18.0 Å². The van der Waals surface area contributed by atoms with Gasteiger partial charge < -0.3 is 20.5 Å². The zero-order valence-electron chi connectivity index (χ0n) is 19.7. The van der Waals surface area contributed by atoms with Crippen molar-refractivity contribution in [2.24, 2.45) is 5.73 Å². The summed E-state index contributed by atoms with van der Waals surface area (Å²) >= 11 is 12.5. The van der Waals surface area contributed by atoms with E-state index in [4.69, 9.17) is 33.7 Å². The Morgan fingerprint density at radius 1 is 1.19 bits per heavy atom. The molecule has 0 radical (unpaired) electrons. The van der Waals surface area contributed by atoms with Crippen molar-refractivity contribution in [3.8, 4) is 17.0 Å². The summed E-state index contributed by atoms with van der Waals surface area (Å²) in [6.45, 7) is 4.39. The summed E-state index contributed by atoms with van der Waals surface area (Å²) in [6, 6.07) is 6.89. The number of nitrogens with two attached hydrogens (primary N) is 1. The van der Waals surface area contributed by atoms with Gasteiger partial charge in [0.2, 0.25) is 0 Å². The molecule has 2 atom stereocenters. The average molecular weight is 531 g/mol. The number of anilines is 1. The minimum Gasteiger partial charge on any atom is -0.486 e. The van der Waals surface area contributed by atoms with Crippen LogP contribution >= 0.6 is 23.2 Å². The van der Waals surface area contributed by atoms with Crippen LogP contribution in [0.1, 0.15) is 31.9 Å². The number of H-pyrrole nitrogens is 1. The van der Waals surface area contributed by atoms with Crippen LogP contribution < -0.4 is 15.4 Å². The van der Waals surface area contributed by atoms with E-state index in [1.54, 1.807) is 18.0 Å². The number of aliphatic hydroxyl groups is 1. The Labute approximate surface area is 217 Å². The van der Waals surface area contributed by atoms with Gasteiger partial charge in [0.15, 0.2) is 11.6 Å². The quantitative estimate of drug-likeness (QED) is 0.311. The summed E-state index contributed by atoms with van der Waals surface area (Å²) in [7, 11) is 0. The lowest BCUT2D eigenvalue weighted by atomic mass is 9.85. The van der Waals surface area contributed by atoms with Crippen LogP contribution in [0.2, 0.25) is 10.0 Å². The second kappa shape index (κ2) is 9.48. The van der Waals surface area contributed by atoms with Crippen molar-refractivity contribution < 1.29 is 14.2 Å². The minimum atomic E-state index is -0.544. The van der Waals surface area contributed by atoms with Gasteiger partial charge in [0.1, 0.15) is 17.5 Å². The van der Waals surface area contributed by atoms with E-state index >= 15 is 4.39 Å². The Kier molecular flexibility index (Phi) is 6.50. The van der Waals surface area contributed by atoms with Gasteiger partial charge in [-0.1, -0.05) is 23.2 Å². The highest BCUT2D eigenvalue weighted by atomic mass is 35.5. The molecule has 4 aromatic rings. The average Bonchev–Trinajstić information content (AvgIpc) is 3.20. The van der Waals surface area contributed by atoms with Gasteiger partial charge in [0, 0.05) is 48.2 Å². The lowest BCUT2D eigenvalue weighted by molar-refractivity contribution is 0.134. The molecule has 0 unspecified atom stereocenters. The van der Waals surface area contributed by atoms with Gasteiger partial charge in [-0.25, -0.2) is 9.37 Å². The van der Waals surface area contributed by atoms with Crippen LogP contribution in [-0.4, -0.2) is 50.0 Å². The molecule has 8 nitrogen and oxygen atoms in total. The smallest absolute Gasteiger partial charge is 0.166 e. The molecule has 1 saturated heterocycles. The van der Waals surface area contributed by atoms with Crippen LogP contribution in [0.5, 0.6) is 5.75 Å². The van der Waals surface area contributed by atoms with Gasteiger partial charge in [0.05, 0.1) is 27.2 Å². The van der Waals surface area contributed by atoms with Gasteiger partial charge in [-0.05, 0) is 44.5 Å². The molecule has 188 valence electrons. The van der Waals surface area contributed by atoms with E-state index in [9.17, 15) is 5.11 Å². The first-order valence-electron chi connectivity index (χ1n) is 11.4. The number of nitrogens with one attached hydrogen (secondary N) is 1. The van der Waals surface area contributed by atoms with Crippen LogP contribution in [0, 0.1) is 5.82 Å². The van der Waals surface area contributed by atoms with Gasteiger partial charge in [-0.15, -0.1) is 0 Å². The SMILES string of the molecule is C[C@H](O)CC1(N)CN(c2ncc(-c3n[nH]c4ccc(O[C@H](C)c5c(Cl)cncc5Cl)cc34)cc2F)C1. The first-order valence-corrected chi connectivity index (χ1v) is 12.2. The Morgan fingerprint density at radius 3 is 2.58 bits per heavy atom. The van der Waals surface area contributed by atoms with Crippen molar-refractivity contribution in [3.63, 3.8) is 0 Å². The summed E-state index contributed by atoms with van der Waals surface area (Å²) in [4.78, 5) is 10.1. The number of aromatic amines is 1. The Hall–Kier alpha value is -2.98. The second-order valence-electron chi connectivity index (χ2n) is 9.36. The molecule has 3 aromatic heterocycles. The number of halogens is 3. The molecule has 11 heteroatoms. The summed E-state index contributed by atoms with van der Waals surface area (Å²) in [6.07, 6.45) is 4.13. The predicted molar refractivity (Wildman–Crippen MR) is 138 cm³/mol. The van der Waals surface area contributed by atoms with E-state index in [0.717, 1.165) is 10.9 Å². The third-order valence-corrected chi connectivity index (χ3v) is 6.85. The number of nitrogens with zero attached hydrogens (tertiary/aromatic N) is 4. The fraction of sp³-hybridized carbons (Fsp3) is 0.320. The zero-order chi connectivity index (χ0) is 25.6. The van der Waals surface area contributed by atoms with E-state index in [1.807, 2.05) is 25.1 Å². The standard InChI is InChI=1S/C25H25Cl2FN6O2/c1-13(35)7-25(29)11-34(12-25)24-20(28)5-15(8-31-24)23-17-6-16(3-4-21(17)32-33-23)36-14(2)22-18(26)9-30-10-19(22)27/h3-6,8-10,13-14,35H,7,11-12,29H2,1-2H3,(H,32,33)/t13-,14+/m0/s1. The third kappa shape index (κ3) is 4.71.